The zero-order valence-electron chi connectivity index (χ0n) is 19.9. The largest absolute Gasteiger partial charge is 0.481 e. The van der Waals surface area contributed by atoms with Crippen LogP contribution < -0.4 is 5.32 Å². The molecule has 35 heavy (non-hydrogen) atoms. The number of aryl methyl sites for hydroxylation is 1. The molecule has 0 atom stereocenters. The fraction of sp³-hybridized carbons (Fsp3) is 0.308. The number of nitrogens with one attached hydrogen (secondary N) is 1. The molecule has 9 heteroatoms. The summed E-state index contributed by atoms with van der Waals surface area (Å²) in [6, 6.07) is 15.9. The Labute approximate surface area is 203 Å². The van der Waals surface area contributed by atoms with Crippen molar-refractivity contribution in [1.29, 1.82) is 0 Å². The van der Waals surface area contributed by atoms with E-state index in [0.717, 1.165) is 22.3 Å². The number of carboxylic acids is 1. The number of fused-ring (bicyclic) bond motifs is 3. The lowest BCUT2D eigenvalue weighted by atomic mass is 9.98. The number of carbonyl (C=O) groups excluding carboxylic acids is 2. The molecule has 0 saturated carbocycles. The lowest BCUT2D eigenvalue weighted by Gasteiger charge is -2.25. The third-order valence-corrected chi connectivity index (χ3v) is 6.06. The fourth-order valence-corrected chi connectivity index (χ4v) is 4.43. The summed E-state index contributed by atoms with van der Waals surface area (Å²) in [7, 11) is 1.64. The normalized spacial score (nSPS) is 12.2. The molecule has 0 bridgehead atoms. The van der Waals surface area contributed by atoms with Crippen molar-refractivity contribution in [2.75, 3.05) is 18.5 Å². The van der Waals surface area contributed by atoms with Crippen LogP contribution in [0.3, 0.4) is 0 Å². The molecule has 1 heterocycles. The predicted molar refractivity (Wildman–Crippen MR) is 130 cm³/mol. The van der Waals surface area contributed by atoms with Gasteiger partial charge in [0.1, 0.15) is 6.61 Å². The first kappa shape index (κ1) is 24.0. The van der Waals surface area contributed by atoms with Gasteiger partial charge in [-0.1, -0.05) is 48.5 Å². The summed E-state index contributed by atoms with van der Waals surface area (Å²) >= 11 is 0. The molecule has 2 aromatic carbocycles. The van der Waals surface area contributed by atoms with Crippen molar-refractivity contribution >= 4 is 23.7 Å². The number of ether oxygens (including phenoxy) is 1. The lowest BCUT2D eigenvalue weighted by molar-refractivity contribution is -0.137. The number of hydrogen-bond donors (Lipinski definition) is 2. The van der Waals surface area contributed by atoms with E-state index in [0.29, 0.717) is 0 Å². The molecular weight excluding hydrogens is 448 g/mol. The average Bonchev–Trinajstić information content (AvgIpc) is 3.34. The van der Waals surface area contributed by atoms with Crippen LogP contribution in [0.4, 0.5) is 10.5 Å². The molecule has 1 aliphatic carbocycles. The summed E-state index contributed by atoms with van der Waals surface area (Å²) in [6.07, 6.45) is 0.631. The number of anilines is 1. The maximum absolute atomic E-state index is 13.1. The highest BCUT2D eigenvalue weighted by molar-refractivity contribution is 6.01. The van der Waals surface area contributed by atoms with E-state index in [1.54, 1.807) is 20.9 Å². The van der Waals surface area contributed by atoms with Gasteiger partial charge in [0.2, 0.25) is 0 Å². The molecule has 0 unspecified atom stereocenters. The van der Waals surface area contributed by atoms with E-state index in [1.807, 2.05) is 36.4 Å². The molecule has 9 nitrogen and oxygen atoms in total. The van der Waals surface area contributed by atoms with Gasteiger partial charge in [0.25, 0.3) is 5.91 Å². The molecule has 182 valence electrons. The van der Waals surface area contributed by atoms with Crippen molar-refractivity contribution in [3.8, 4) is 11.1 Å². The second-order valence-electron chi connectivity index (χ2n) is 8.75. The number of nitrogens with zero attached hydrogens (tertiary/aromatic N) is 3. The van der Waals surface area contributed by atoms with E-state index in [4.69, 9.17) is 9.84 Å². The first-order valence-electron chi connectivity index (χ1n) is 11.4. The van der Waals surface area contributed by atoms with Crippen LogP contribution in [-0.4, -0.2) is 57.0 Å². The Morgan fingerprint density at radius 2 is 1.69 bits per heavy atom. The summed E-state index contributed by atoms with van der Waals surface area (Å²) in [4.78, 5) is 38.3. The van der Waals surface area contributed by atoms with Crippen LogP contribution in [0.15, 0.2) is 54.7 Å². The summed E-state index contributed by atoms with van der Waals surface area (Å²) < 4.78 is 7.00. The Balaban J connectivity index is 1.47. The molecule has 4 rings (SSSR count). The Bertz CT molecular complexity index is 1220. The first-order valence-corrected chi connectivity index (χ1v) is 11.4. The Morgan fingerprint density at radius 3 is 2.26 bits per heavy atom. The zero-order valence-corrected chi connectivity index (χ0v) is 19.9. The highest BCUT2D eigenvalue weighted by Gasteiger charge is 2.30. The topological polar surface area (TPSA) is 114 Å². The Morgan fingerprint density at radius 1 is 1.09 bits per heavy atom. The number of amides is 2. The van der Waals surface area contributed by atoms with Crippen molar-refractivity contribution in [2.24, 2.45) is 7.05 Å². The highest BCUT2D eigenvalue weighted by atomic mass is 16.5. The molecule has 2 amide bonds. The Hall–Kier alpha value is -4.14. The van der Waals surface area contributed by atoms with E-state index < -0.39 is 18.0 Å². The summed E-state index contributed by atoms with van der Waals surface area (Å²) in [5.41, 5.74) is 4.70. The molecule has 3 aromatic rings. The van der Waals surface area contributed by atoms with E-state index in [-0.39, 0.29) is 42.9 Å². The van der Waals surface area contributed by atoms with Crippen molar-refractivity contribution in [3.05, 3.63) is 71.5 Å². The molecule has 1 aromatic heterocycles. The van der Waals surface area contributed by atoms with Gasteiger partial charge in [0.15, 0.2) is 5.69 Å². The quantitative estimate of drug-likeness (QED) is 0.506. The monoisotopic (exact) mass is 476 g/mol. The van der Waals surface area contributed by atoms with Crippen LogP contribution >= 0.6 is 0 Å². The molecule has 2 N–H and O–H groups in total. The maximum Gasteiger partial charge on any atom is 0.411 e. The smallest absolute Gasteiger partial charge is 0.411 e. The van der Waals surface area contributed by atoms with Crippen molar-refractivity contribution in [3.63, 3.8) is 0 Å². The summed E-state index contributed by atoms with van der Waals surface area (Å²) in [5, 5.41) is 15.8. The second-order valence-corrected chi connectivity index (χ2v) is 8.75. The highest BCUT2D eigenvalue weighted by Crippen LogP contribution is 2.44. The number of rotatable bonds is 8. The van der Waals surface area contributed by atoms with Gasteiger partial charge >= 0.3 is 12.1 Å². The van der Waals surface area contributed by atoms with Gasteiger partial charge in [0.05, 0.1) is 12.1 Å². The number of aromatic nitrogens is 2. The van der Waals surface area contributed by atoms with Crippen molar-refractivity contribution in [1.82, 2.24) is 14.7 Å². The third kappa shape index (κ3) is 5.03. The van der Waals surface area contributed by atoms with Crippen molar-refractivity contribution < 1.29 is 24.2 Å². The number of benzene rings is 2. The second kappa shape index (κ2) is 10.0. The van der Waals surface area contributed by atoms with Crippen LogP contribution in [0, 0.1) is 0 Å². The zero-order chi connectivity index (χ0) is 25.1. The molecule has 0 spiro atoms. The van der Waals surface area contributed by atoms with Crippen LogP contribution in [0.5, 0.6) is 0 Å². The van der Waals surface area contributed by atoms with Gasteiger partial charge in [-0.2, -0.15) is 5.10 Å². The minimum atomic E-state index is -0.999. The number of carboxylic acid groups (broad SMARTS) is 1. The average molecular weight is 477 g/mol. The number of hydrogen-bond acceptors (Lipinski definition) is 5. The molecular formula is C26H28N4O5. The molecule has 0 saturated heterocycles. The SMILES string of the molecule is CC(C)N(CCC(=O)O)C(=O)c1nn(C)cc1NC(=O)OCC1c2ccccc2-c2ccccc21. The van der Waals surface area contributed by atoms with E-state index in [9.17, 15) is 14.4 Å². The Kier molecular flexibility index (Phi) is 6.86. The molecule has 0 radical (unpaired) electrons. The minimum Gasteiger partial charge on any atom is -0.481 e. The van der Waals surface area contributed by atoms with Crippen molar-refractivity contribution in [2.45, 2.75) is 32.2 Å². The lowest BCUT2D eigenvalue weighted by Crippen LogP contribution is -2.39. The molecule has 0 aliphatic heterocycles. The van der Waals surface area contributed by atoms with E-state index >= 15 is 0 Å². The minimum absolute atomic E-state index is 0.0279. The predicted octanol–water partition coefficient (Wildman–Crippen LogP) is 4.11. The fourth-order valence-electron chi connectivity index (χ4n) is 4.43. The molecule has 1 aliphatic rings. The van der Waals surface area contributed by atoms with Crippen LogP contribution in [0.2, 0.25) is 0 Å². The first-order chi connectivity index (χ1) is 16.8. The standard InChI is InChI=1S/C26H28N4O5/c1-16(2)30(13-12-23(31)32)25(33)24-22(14-29(3)28-24)27-26(34)35-15-21-19-10-6-4-8-17(19)18-9-5-7-11-20(18)21/h4-11,14,16,21H,12-13,15H2,1-3H3,(H,27,34)(H,31,32). The number of carbonyl (C=O) groups is 3. The summed E-state index contributed by atoms with van der Waals surface area (Å²) in [6.45, 7) is 3.76. The molecule has 0 fully saturated rings. The van der Waals surface area contributed by atoms with Crippen LogP contribution in [0.1, 0.15) is 47.8 Å². The maximum atomic E-state index is 13.1. The van der Waals surface area contributed by atoms with Crippen LogP contribution in [0.25, 0.3) is 11.1 Å². The van der Waals surface area contributed by atoms with E-state index in [2.05, 4.69) is 22.5 Å². The van der Waals surface area contributed by atoms with Gasteiger partial charge < -0.3 is 14.7 Å². The van der Waals surface area contributed by atoms with Gasteiger partial charge in [-0.15, -0.1) is 0 Å². The van der Waals surface area contributed by atoms with Gasteiger partial charge in [-0.05, 0) is 36.1 Å². The van der Waals surface area contributed by atoms with Gasteiger partial charge in [-0.25, -0.2) is 4.79 Å². The van der Waals surface area contributed by atoms with E-state index in [1.165, 1.54) is 15.8 Å². The number of aliphatic carboxylic acids is 1. The van der Waals surface area contributed by atoms with Crippen LogP contribution in [-0.2, 0) is 16.6 Å². The summed E-state index contributed by atoms with van der Waals surface area (Å²) in [5.74, 6) is -1.55. The third-order valence-electron chi connectivity index (χ3n) is 6.06. The van der Waals surface area contributed by atoms with Gasteiger partial charge in [-0.3, -0.25) is 19.6 Å². The van der Waals surface area contributed by atoms with Gasteiger partial charge in [0, 0.05) is 31.7 Å².